The first-order chi connectivity index (χ1) is 15.6. The molecule has 0 aliphatic carbocycles. The maximum Gasteiger partial charge on any atom is 0.250 e. The van der Waals surface area contributed by atoms with E-state index >= 15 is 0 Å². The molecule has 4 aromatic rings. The van der Waals surface area contributed by atoms with Crippen molar-refractivity contribution in [2.24, 2.45) is 5.10 Å². The second kappa shape index (κ2) is 11.0. The number of hydrazone groups is 1. The number of rotatable bonds is 8. The molecule has 5 nitrogen and oxygen atoms in total. The summed E-state index contributed by atoms with van der Waals surface area (Å²) in [5.41, 5.74) is 3.93. The van der Waals surface area contributed by atoms with Gasteiger partial charge in [0.1, 0.15) is 5.82 Å². The number of thioether (sulfide) groups is 2. The van der Waals surface area contributed by atoms with E-state index in [9.17, 15) is 9.18 Å². The Hall–Kier alpha value is -2.27. The molecular formula is C22H16BrFN4OS3. The summed E-state index contributed by atoms with van der Waals surface area (Å²) in [6.07, 6.45) is 1.27. The van der Waals surface area contributed by atoms with Crippen molar-refractivity contribution in [2.75, 3.05) is 5.75 Å². The van der Waals surface area contributed by atoms with Gasteiger partial charge in [0.2, 0.25) is 0 Å². The summed E-state index contributed by atoms with van der Waals surface area (Å²) >= 11 is 7.64. The minimum absolute atomic E-state index is 0.140. The number of aromatic nitrogens is 2. The number of carbonyl (C=O) groups excluding carboxylic acids is 1. The van der Waals surface area contributed by atoms with Gasteiger partial charge in [0, 0.05) is 15.8 Å². The van der Waals surface area contributed by atoms with Crippen LogP contribution in [0.25, 0.3) is 10.8 Å². The molecular weight excluding hydrogens is 531 g/mol. The molecule has 1 amide bonds. The zero-order valence-corrected chi connectivity index (χ0v) is 20.5. The molecule has 0 saturated carbocycles. The summed E-state index contributed by atoms with van der Waals surface area (Å²) in [5, 5.41) is 14.6. The Morgan fingerprint density at radius 1 is 1.09 bits per heavy atom. The Morgan fingerprint density at radius 2 is 1.88 bits per heavy atom. The van der Waals surface area contributed by atoms with Gasteiger partial charge in [-0.2, -0.15) is 5.10 Å². The SMILES string of the molecule is O=C(CSc1nnc(SCc2cccc3ccccc23)s1)NN=Cc1cc(Br)ccc1F. The summed E-state index contributed by atoms with van der Waals surface area (Å²) in [6, 6.07) is 19.1. The number of nitrogens with zero attached hydrogens (tertiary/aromatic N) is 3. The van der Waals surface area contributed by atoms with Crippen LogP contribution in [0.4, 0.5) is 4.39 Å². The van der Waals surface area contributed by atoms with Crippen LogP contribution in [0.1, 0.15) is 11.1 Å². The molecule has 0 bridgehead atoms. The van der Waals surface area contributed by atoms with Gasteiger partial charge in [-0.25, -0.2) is 9.82 Å². The number of halogens is 2. The summed E-state index contributed by atoms with van der Waals surface area (Å²) in [7, 11) is 0. The molecule has 10 heteroatoms. The highest BCUT2D eigenvalue weighted by atomic mass is 79.9. The van der Waals surface area contributed by atoms with E-state index in [4.69, 9.17) is 0 Å². The fraction of sp³-hybridized carbons (Fsp3) is 0.0909. The Labute approximate surface area is 205 Å². The van der Waals surface area contributed by atoms with E-state index in [2.05, 4.69) is 67.0 Å². The fourth-order valence-corrected chi connectivity index (χ4v) is 6.01. The quantitative estimate of drug-likeness (QED) is 0.163. The van der Waals surface area contributed by atoms with Gasteiger partial charge in [-0.3, -0.25) is 4.79 Å². The molecule has 0 aliphatic heterocycles. The highest BCUT2D eigenvalue weighted by Gasteiger charge is 2.10. The van der Waals surface area contributed by atoms with Gasteiger partial charge in [-0.05, 0) is 34.5 Å². The fourth-order valence-electron chi connectivity index (χ4n) is 2.82. The zero-order chi connectivity index (χ0) is 22.3. The first-order valence-electron chi connectivity index (χ1n) is 9.41. The number of benzene rings is 3. The van der Waals surface area contributed by atoms with Gasteiger partial charge in [0.15, 0.2) is 8.68 Å². The van der Waals surface area contributed by atoms with Gasteiger partial charge in [0.05, 0.1) is 12.0 Å². The second-order valence-electron chi connectivity index (χ2n) is 6.51. The third-order valence-electron chi connectivity index (χ3n) is 4.30. The molecule has 162 valence electrons. The molecule has 0 saturated heterocycles. The van der Waals surface area contributed by atoms with Crippen LogP contribution in [0.15, 0.2) is 78.9 Å². The maximum atomic E-state index is 13.7. The van der Waals surface area contributed by atoms with Crippen molar-refractivity contribution in [1.82, 2.24) is 15.6 Å². The van der Waals surface area contributed by atoms with Crippen molar-refractivity contribution >= 4 is 73.7 Å². The third-order valence-corrected chi connectivity index (χ3v) is 8.03. The Morgan fingerprint density at radius 3 is 2.75 bits per heavy atom. The van der Waals surface area contributed by atoms with Crippen molar-refractivity contribution in [1.29, 1.82) is 0 Å². The number of hydrogen-bond acceptors (Lipinski definition) is 7. The van der Waals surface area contributed by atoms with E-state index in [0.717, 1.165) is 14.6 Å². The van der Waals surface area contributed by atoms with Crippen LogP contribution < -0.4 is 5.43 Å². The lowest BCUT2D eigenvalue weighted by Gasteiger charge is -2.04. The van der Waals surface area contributed by atoms with E-state index in [1.807, 2.05) is 12.1 Å². The number of carbonyl (C=O) groups is 1. The van der Waals surface area contributed by atoms with Gasteiger partial charge in [0.25, 0.3) is 5.91 Å². The third kappa shape index (κ3) is 6.16. The molecule has 1 heterocycles. The van der Waals surface area contributed by atoms with Gasteiger partial charge in [-0.15, -0.1) is 10.2 Å². The lowest BCUT2D eigenvalue weighted by atomic mass is 10.1. The van der Waals surface area contributed by atoms with E-state index in [1.54, 1.807) is 23.9 Å². The lowest BCUT2D eigenvalue weighted by Crippen LogP contribution is -2.19. The number of amides is 1. The number of hydrogen-bond donors (Lipinski definition) is 1. The predicted octanol–water partition coefficient (Wildman–Crippen LogP) is 6.13. The van der Waals surface area contributed by atoms with Crippen LogP contribution in [0.3, 0.4) is 0 Å². The zero-order valence-electron chi connectivity index (χ0n) is 16.5. The molecule has 0 fully saturated rings. The van der Waals surface area contributed by atoms with Crippen molar-refractivity contribution in [3.8, 4) is 0 Å². The average molecular weight is 548 g/mol. The minimum atomic E-state index is -0.414. The molecule has 3 aromatic carbocycles. The van der Waals surface area contributed by atoms with Gasteiger partial charge >= 0.3 is 0 Å². The van der Waals surface area contributed by atoms with Crippen molar-refractivity contribution < 1.29 is 9.18 Å². The van der Waals surface area contributed by atoms with Crippen LogP contribution in [0.2, 0.25) is 0 Å². The van der Waals surface area contributed by atoms with Gasteiger partial charge in [-0.1, -0.05) is 93.3 Å². The van der Waals surface area contributed by atoms with E-state index < -0.39 is 5.82 Å². The highest BCUT2D eigenvalue weighted by Crippen LogP contribution is 2.32. The summed E-state index contributed by atoms with van der Waals surface area (Å²) in [6.45, 7) is 0. The molecule has 32 heavy (non-hydrogen) atoms. The topological polar surface area (TPSA) is 67.2 Å². The Bertz CT molecular complexity index is 1280. The monoisotopic (exact) mass is 546 g/mol. The molecule has 1 N–H and O–H groups in total. The van der Waals surface area contributed by atoms with Crippen LogP contribution in [-0.4, -0.2) is 28.1 Å². The standard InChI is InChI=1S/C22H16BrFN4OS3/c23-17-8-9-19(24)16(10-17)11-25-26-20(29)13-31-22-28-27-21(32-22)30-12-15-6-3-5-14-4-1-2-7-18(14)15/h1-11H,12-13H2,(H,26,29). The maximum absolute atomic E-state index is 13.7. The van der Waals surface area contributed by atoms with Gasteiger partial charge < -0.3 is 0 Å². The normalized spacial score (nSPS) is 11.3. The predicted molar refractivity (Wildman–Crippen MR) is 134 cm³/mol. The molecule has 1 aromatic heterocycles. The molecule has 0 atom stereocenters. The van der Waals surface area contributed by atoms with Crippen molar-refractivity contribution in [3.63, 3.8) is 0 Å². The van der Waals surface area contributed by atoms with E-state index in [1.165, 1.54) is 51.7 Å². The van der Waals surface area contributed by atoms with Crippen LogP contribution in [0.5, 0.6) is 0 Å². The Balaban J connectivity index is 1.26. The minimum Gasteiger partial charge on any atom is -0.272 e. The molecule has 0 aliphatic rings. The molecule has 0 radical (unpaired) electrons. The first kappa shape index (κ1) is 22.9. The van der Waals surface area contributed by atoms with Crippen LogP contribution in [-0.2, 0) is 10.5 Å². The molecule has 4 rings (SSSR count). The van der Waals surface area contributed by atoms with Crippen molar-refractivity contribution in [3.05, 3.63) is 82.1 Å². The van der Waals surface area contributed by atoms with E-state index in [-0.39, 0.29) is 17.2 Å². The smallest absolute Gasteiger partial charge is 0.250 e. The highest BCUT2D eigenvalue weighted by molar-refractivity contribution is 9.10. The largest absolute Gasteiger partial charge is 0.272 e. The molecule has 0 unspecified atom stereocenters. The summed E-state index contributed by atoms with van der Waals surface area (Å²) in [5.74, 6) is 0.216. The van der Waals surface area contributed by atoms with E-state index in [0.29, 0.717) is 4.34 Å². The van der Waals surface area contributed by atoms with Crippen molar-refractivity contribution in [2.45, 2.75) is 14.4 Å². The first-order valence-corrected chi connectivity index (χ1v) is 13.0. The number of fused-ring (bicyclic) bond motifs is 1. The molecule has 0 spiro atoms. The van der Waals surface area contributed by atoms with Crippen LogP contribution >= 0.6 is 50.8 Å². The Kier molecular flexibility index (Phi) is 7.90. The average Bonchev–Trinajstić information content (AvgIpc) is 3.26. The second-order valence-corrected chi connectivity index (χ2v) is 10.8. The summed E-state index contributed by atoms with van der Waals surface area (Å²) in [4.78, 5) is 12.0. The lowest BCUT2D eigenvalue weighted by molar-refractivity contribution is -0.118. The summed E-state index contributed by atoms with van der Waals surface area (Å²) < 4.78 is 16.0. The number of nitrogens with one attached hydrogen (secondary N) is 1. The van der Waals surface area contributed by atoms with Crippen LogP contribution in [0, 0.1) is 5.82 Å².